The van der Waals surface area contributed by atoms with E-state index in [1.54, 1.807) is 0 Å². The maximum absolute atomic E-state index is 12.8. The van der Waals surface area contributed by atoms with E-state index in [2.05, 4.69) is 31.1 Å². The number of hydrogen-bond acceptors (Lipinski definition) is 4. The lowest BCUT2D eigenvalue weighted by Gasteiger charge is -2.29. The van der Waals surface area contributed by atoms with Crippen molar-refractivity contribution in [3.63, 3.8) is 0 Å². The zero-order chi connectivity index (χ0) is 17.1. The minimum atomic E-state index is -0.0476. The van der Waals surface area contributed by atoms with Crippen LogP contribution in [0.25, 0.3) is 10.9 Å². The number of rotatable bonds is 4. The lowest BCUT2D eigenvalue weighted by Crippen LogP contribution is -2.46. The van der Waals surface area contributed by atoms with Gasteiger partial charge in [0.05, 0.1) is 24.3 Å². The highest BCUT2D eigenvalue weighted by molar-refractivity contribution is 9.10. The number of nitrogens with one attached hydrogen (secondary N) is 1. The number of hydrogen-bond donors (Lipinski definition) is 1. The minimum absolute atomic E-state index is 0.0476. The van der Waals surface area contributed by atoms with Crippen LogP contribution < -0.4 is 5.32 Å². The monoisotopic (exact) mass is 391 g/mol. The predicted octanol–water partition coefficient (Wildman–Crippen LogP) is 2.76. The lowest BCUT2D eigenvalue weighted by atomic mass is 10.1. The van der Waals surface area contributed by atoms with E-state index in [-0.39, 0.29) is 11.9 Å². The van der Waals surface area contributed by atoms with Crippen LogP contribution >= 0.6 is 15.9 Å². The number of benzene rings is 1. The second-order valence-electron chi connectivity index (χ2n) is 6.26. The van der Waals surface area contributed by atoms with Crippen LogP contribution in [0.3, 0.4) is 0 Å². The van der Waals surface area contributed by atoms with Crippen LogP contribution in [0, 0.1) is 6.92 Å². The summed E-state index contributed by atoms with van der Waals surface area (Å²) in [5, 5.41) is 3.99. The fourth-order valence-corrected chi connectivity index (χ4v) is 3.39. The van der Waals surface area contributed by atoms with E-state index in [1.165, 1.54) is 0 Å². The summed E-state index contributed by atoms with van der Waals surface area (Å²) in [5.74, 6) is -0.0476. The van der Waals surface area contributed by atoms with Gasteiger partial charge in [-0.3, -0.25) is 14.7 Å². The van der Waals surface area contributed by atoms with Crippen LogP contribution in [0.15, 0.2) is 28.7 Å². The molecule has 5 nitrogen and oxygen atoms in total. The third kappa shape index (κ3) is 4.12. The largest absolute Gasteiger partial charge is 0.379 e. The Balaban J connectivity index is 1.75. The molecule has 1 fully saturated rings. The average molecular weight is 392 g/mol. The average Bonchev–Trinajstić information content (AvgIpc) is 2.54. The Morgan fingerprint density at radius 1 is 1.38 bits per heavy atom. The van der Waals surface area contributed by atoms with E-state index in [0.29, 0.717) is 5.56 Å². The van der Waals surface area contributed by atoms with Crippen LogP contribution in [-0.2, 0) is 4.74 Å². The van der Waals surface area contributed by atoms with E-state index in [9.17, 15) is 4.79 Å². The Bertz CT molecular complexity index is 739. The normalized spacial score (nSPS) is 17.0. The first-order valence-electron chi connectivity index (χ1n) is 8.21. The Morgan fingerprint density at radius 2 is 2.12 bits per heavy atom. The number of ether oxygens (including phenoxy) is 1. The molecule has 24 heavy (non-hydrogen) atoms. The SMILES string of the molecule is Cc1cc(C(=O)NC(C)CN2CCOCC2)c2ccc(Br)cc2n1. The number of carbonyl (C=O) groups is 1. The Hall–Kier alpha value is -1.50. The van der Waals surface area contributed by atoms with Gasteiger partial charge in [-0.15, -0.1) is 0 Å². The fraction of sp³-hybridized carbons (Fsp3) is 0.444. The second-order valence-corrected chi connectivity index (χ2v) is 7.18. The number of morpholine rings is 1. The maximum atomic E-state index is 12.8. The molecule has 1 aliphatic rings. The lowest BCUT2D eigenvalue weighted by molar-refractivity contribution is 0.0342. The number of aryl methyl sites for hydroxylation is 1. The van der Waals surface area contributed by atoms with Gasteiger partial charge in [0.1, 0.15) is 0 Å². The van der Waals surface area contributed by atoms with Gasteiger partial charge in [-0.2, -0.15) is 0 Å². The van der Waals surface area contributed by atoms with Gasteiger partial charge in [-0.25, -0.2) is 0 Å². The molecule has 0 saturated carbocycles. The zero-order valence-electron chi connectivity index (χ0n) is 14.0. The Kier molecular flexibility index (Phi) is 5.48. The van der Waals surface area contributed by atoms with Crippen molar-refractivity contribution < 1.29 is 9.53 Å². The first-order valence-corrected chi connectivity index (χ1v) is 9.00. The Morgan fingerprint density at radius 3 is 2.88 bits per heavy atom. The summed E-state index contributed by atoms with van der Waals surface area (Å²) in [6, 6.07) is 7.75. The first-order chi connectivity index (χ1) is 11.5. The molecule has 0 bridgehead atoms. The molecule has 1 saturated heterocycles. The minimum Gasteiger partial charge on any atom is -0.379 e. The predicted molar refractivity (Wildman–Crippen MR) is 98.4 cm³/mol. The molecule has 6 heteroatoms. The van der Waals surface area contributed by atoms with E-state index < -0.39 is 0 Å². The summed E-state index contributed by atoms with van der Waals surface area (Å²) >= 11 is 3.46. The van der Waals surface area contributed by atoms with Gasteiger partial charge in [-0.05, 0) is 32.0 Å². The molecule has 2 aromatic rings. The second kappa shape index (κ2) is 7.59. The van der Waals surface area contributed by atoms with Crippen LogP contribution in [0.1, 0.15) is 23.0 Å². The van der Waals surface area contributed by atoms with Crippen LogP contribution in [0.4, 0.5) is 0 Å². The van der Waals surface area contributed by atoms with Crippen molar-refractivity contribution in [3.05, 3.63) is 40.0 Å². The van der Waals surface area contributed by atoms with Crippen molar-refractivity contribution in [1.82, 2.24) is 15.2 Å². The number of halogens is 1. The summed E-state index contributed by atoms with van der Waals surface area (Å²) in [7, 11) is 0. The quantitative estimate of drug-likeness (QED) is 0.870. The van der Waals surface area contributed by atoms with Crippen LogP contribution in [-0.4, -0.2) is 54.7 Å². The van der Waals surface area contributed by atoms with Gasteiger partial charge in [-0.1, -0.05) is 22.0 Å². The van der Waals surface area contributed by atoms with Crippen molar-refractivity contribution in [2.24, 2.45) is 0 Å². The molecule has 1 amide bonds. The van der Waals surface area contributed by atoms with E-state index in [4.69, 9.17) is 4.74 Å². The highest BCUT2D eigenvalue weighted by Gasteiger charge is 2.18. The molecule has 1 aromatic heterocycles. The summed E-state index contributed by atoms with van der Waals surface area (Å²) in [5.41, 5.74) is 2.35. The van der Waals surface area contributed by atoms with Crippen molar-refractivity contribution in [2.45, 2.75) is 19.9 Å². The summed E-state index contributed by atoms with van der Waals surface area (Å²) in [6.45, 7) is 8.17. The molecule has 1 unspecified atom stereocenters. The topological polar surface area (TPSA) is 54.5 Å². The summed E-state index contributed by atoms with van der Waals surface area (Å²) in [6.07, 6.45) is 0. The standard InChI is InChI=1S/C18H22BrN3O2/c1-12-9-16(15-4-3-14(19)10-17(15)20-12)18(23)21-13(2)11-22-5-7-24-8-6-22/h3-4,9-10,13H,5-8,11H2,1-2H3,(H,21,23). The molecule has 0 radical (unpaired) electrons. The van der Waals surface area contributed by atoms with Crippen molar-refractivity contribution in [2.75, 3.05) is 32.8 Å². The molecular formula is C18H22BrN3O2. The van der Waals surface area contributed by atoms with E-state index >= 15 is 0 Å². The maximum Gasteiger partial charge on any atom is 0.252 e. The smallest absolute Gasteiger partial charge is 0.252 e. The van der Waals surface area contributed by atoms with Gasteiger partial charge >= 0.3 is 0 Å². The molecule has 2 heterocycles. The molecule has 1 atom stereocenters. The summed E-state index contributed by atoms with van der Waals surface area (Å²) in [4.78, 5) is 19.6. The highest BCUT2D eigenvalue weighted by atomic mass is 79.9. The molecule has 1 aliphatic heterocycles. The number of amides is 1. The number of aromatic nitrogens is 1. The van der Waals surface area contributed by atoms with Crippen molar-refractivity contribution in [1.29, 1.82) is 0 Å². The third-order valence-corrected chi connectivity index (χ3v) is 4.65. The summed E-state index contributed by atoms with van der Waals surface area (Å²) < 4.78 is 6.32. The molecule has 3 rings (SSSR count). The zero-order valence-corrected chi connectivity index (χ0v) is 15.6. The van der Waals surface area contributed by atoms with Gasteiger partial charge in [0.15, 0.2) is 0 Å². The van der Waals surface area contributed by atoms with Gasteiger partial charge in [0, 0.05) is 41.2 Å². The molecule has 128 valence electrons. The van der Waals surface area contributed by atoms with Crippen molar-refractivity contribution >= 4 is 32.7 Å². The number of carbonyl (C=O) groups excluding carboxylic acids is 1. The van der Waals surface area contributed by atoms with E-state index in [0.717, 1.165) is 53.9 Å². The molecule has 1 aromatic carbocycles. The van der Waals surface area contributed by atoms with Gasteiger partial charge < -0.3 is 10.1 Å². The fourth-order valence-electron chi connectivity index (χ4n) is 3.04. The van der Waals surface area contributed by atoms with Gasteiger partial charge in [0.2, 0.25) is 0 Å². The number of fused-ring (bicyclic) bond motifs is 1. The Labute approximate surface area is 150 Å². The number of nitrogens with zero attached hydrogens (tertiary/aromatic N) is 2. The van der Waals surface area contributed by atoms with Gasteiger partial charge in [0.25, 0.3) is 5.91 Å². The van der Waals surface area contributed by atoms with Crippen LogP contribution in [0.2, 0.25) is 0 Å². The van der Waals surface area contributed by atoms with E-state index in [1.807, 2.05) is 38.1 Å². The first kappa shape index (κ1) is 17.3. The molecule has 1 N–H and O–H groups in total. The molecule has 0 aliphatic carbocycles. The van der Waals surface area contributed by atoms with Crippen LogP contribution in [0.5, 0.6) is 0 Å². The number of pyridine rings is 1. The molecule has 0 spiro atoms. The third-order valence-electron chi connectivity index (χ3n) is 4.16. The molecular weight excluding hydrogens is 370 g/mol. The van der Waals surface area contributed by atoms with Crippen molar-refractivity contribution in [3.8, 4) is 0 Å². The highest BCUT2D eigenvalue weighted by Crippen LogP contribution is 2.22.